The summed E-state index contributed by atoms with van der Waals surface area (Å²) in [5.74, 6) is 1.84. The van der Waals surface area contributed by atoms with Crippen molar-refractivity contribution in [2.45, 2.75) is 5.41 Å². The Balaban J connectivity index is 0.861. The molecule has 0 bridgehead atoms. The second kappa shape index (κ2) is 16.7. The molecule has 0 saturated carbocycles. The fraction of sp³-hybridized carbons (Fsp3) is 0.0143. The van der Waals surface area contributed by atoms with Crippen LogP contribution in [0.5, 0.6) is 0 Å². The van der Waals surface area contributed by atoms with Crippen molar-refractivity contribution in [2.75, 3.05) is 0 Å². The lowest BCUT2D eigenvalue weighted by Crippen LogP contribution is -2.28. The van der Waals surface area contributed by atoms with E-state index >= 15 is 0 Å². The summed E-state index contributed by atoms with van der Waals surface area (Å²) in [7, 11) is 0. The molecule has 14 aromatic rings. The van der Waals surface area contributed by atoms with Gasteiger partial charge in [0.1, 0.15) is 11.2 Å². The lowest BCUT2D eigenvalue weighted by molar-refractivity contribution is 0.669. The molecule has 0 atom stereocenters. The average Bonchev–Trinajstić information content (AvgIpc) is 4.02. The summed E-state index contributed by atoms with van der Waals surface area (Å²) in [6, 6.07) is 93.9. The molecule has 74 heavy (non-hydrogen) atoms. The van der Waals surface area contributed by atoms with Gasteiger partial charge in [0, 0.05) is 27.5 Å². The van der Waals surface area contributed by atoms with E-state index in [2.05, 4.69) is 188 Å². The Bertz CT molecular complexity index is 4410. The van der Waals surface area contributed by atoms with Crippen molar-refractivity contribution in [1.82, 2.24) is 15.0 Å². The van der Waals surface area contributed by atoms with E-state index in [9.17, 15) is 0 Å². The molecule has 0 radical (unpaired) electrons. The van der Waals surface area contributed by atoms with Crippen LogP contribution < -0.4 is 0 Å². The summed E-state index contributed by atoms with van der Waals surface area (Å²) in [5, 5.41) is 9.34. The van der Waals surface area contributed by atoms with Crippen LogP contribution in [-0.4, -0.2) is 15.0 Å². The number of hydrogen-bond acceptors (Lipinski definition) is 4. The highest BCUT2D eigenvalue weighted by Gasteiger charge is 2.46. The predicted octanol–water partition coefficient (Wildman–Crippen LogP) is 17.9. The van der Waals surface area contributed by atoms with Gasteiger partial charge in [-0.25, -0.2) is 15.0 Å². The quantitative estimate of drug-likeness (QED) is 0.149. The maximum Gasteiger partial charge on any atom is 0.164 e. The van der Waals surface area contributed by atoms with Gasteiger partial charge < -0.3 is 4.42 Å². The largest absolute Gasteiger partial charge is 0.456 e. The van der Waals surface area contributed by atoms with Crippen molar-refractivity contribution in [3.8, 4) is 67.5 Å². The van der Waals surface area contributed by atoms with E-state index in [1.165, 1.54) is 76.8 Å². The molecule has 1 aliphatic rings. The first-order valence-corrected chi connectivity index (χ1v) is 25.2. The Morgan fingerprint density at radius 2 is 0.703 bits per heavy atom. The van der Waals surface area contributed by atoms with E-state index in [0.717, 1.165) is 49.8 Å². The van der Waals surface area contributed by atoms with Gasteiger partial charge in [-0.3, -0.25) is 0 Å². The standard InChI is InChI=1S/C70H43N3O/c1-5-18-44(19-6-1)67-71-68(45-20-7-2-8-21-45)73-69(72-67)58-29-17-31-65-66(58)61-42-48(35-39-64(61)74-65)46-32-36-54-55-37-33-47(41-60(55)53-27-14-13-26-52(53)59(54)40-46)49-34-38-57-56-28-15-16-30-62(56)70(63(57)43-49,50-22-9-3-10-23-50)51-24-11-4-12-25-51/h1-43H. The third kappa shape index (κ3) is 6.45. The van der Waals surface area contributed by atoms with E-state index in [4.69, 9.17) is 19.4 Å². The van der Waals surface area contributed by atoms with Gasteiger partial charge in [0.15, 0.2) is 17.5 Å². The zero-order valence-corrected chi connectivity index (χ0v) is 40.1. The molecule has 1 aliphatic carbocycles. The van der Waals surface area contributed by atoms with Crippen molar-refractivity contribution in [3.05, 3.63) is 283 Å². The molecule has 2 aromatic heterocycles. The Morgan fingerprint density at radius 1 is 0.257 bits per heavy atom. The van der Waals surface area contributed by atoms with Crippen LogP contribution in [-0.2, 0) is 5.41 Å². The van der Waals surface area contributed by atoms with Crippen LogP contribution in [0.4, 0.5) is 0 Å². The summed E-state index contributed by atoms with van der Waals surface area (Å²) < 4.78 is 6.57. The summed E-state index contributed by atoms with van der Waals surface area (Å²) in [6.07, 6.45) is 0. The molecule has 0 saturated heterocycles. The van der Waals surface area contributed by atoms with E-state index < -0.39 is 5.41 Å². The topological polar surface area (TPSA) is 51.8 Å². The summed E-state index contributed by atoms with van der Waals surface area (Å²) >= 11 is 0. The van der Waals surface area contributed by atoms with E-state index in [1.54, 1.807) is 0 Å². The first-order valence-electron chi connectivity index (χ1n) is 25.2. The van der Waals surface area contributed by atoms with Crippen molar-refractivity contribution >= 4 is 54.3 Å². The second-order valence-electron chi connectivity index (χ2n) is 19.4. The number of benzene rings is 12. The molecule has 0 N–H and O–H groups in total. The van der Waals surface area contributed by atoms with Crippen molar-refractivity contribution in [1.29, 1.82) is 0 Å². The van der Waals surface area contributed by atoms with E-state index in [1.807, 2.05) is 72.8 Å². The van der Waals surface area contributed by atoms with Gasteiger partial charge in [0.05, 0.1) is 5.41 Å². The maximum atomic E-state index is 6.57. The molecule has 4 heteroatoms. The van der Waals surface area contributed by atoms with Gasteiger partial charge in [-0.2, -0.15) is 0 Å². The fourth-order valence-corrected chi connectivity index (χ4v) is 12.1. The lowest BCUT2D eigenvalue weighted by atomic mass is 9.67. The fourth-order valence-electron chi connectivity index (χ4n) is 12.1. The number of nitrogens with zero attached hydrogens (tertiary/aromatic N) is 3. The molecule has 12 aromatic carbocycles. The highest BCUT2D eigenvalue weighted by molar-refractivity contribution is 6.26. The molecular formula is C70H43N3O. The minimum atomic E-state index is -0.466. The van der Waals surface area contributed by atoms with Gasteiger partial charge >= 0.3 is 0 Å². The van der Waals surface area contributed by atoms with E-state index in [0.29, 0.717) is 17.5 Å². The van der Waals surface area contributed by atoms with Crippen molar-refractivity contribution < 1.29 is 4.42 Å². The summed E-state index contributed by atoms with van der Waals surface area (Å²) in [5.41, 5.74) is 16.2. The molecule has 15 rings (SSSR count). The third-order valence-electron chi connectivity index (χ3n) is 15.4. The molecule has 0 amide bonds. The molecular weight excluding hydrogens is 899 g/mol. The second-order valence-corrected chi connectivity index (χ2v) is 19.4. The molecule has 0 unspecified atom stereocenters. The normalized spacial score (nSPS) is 12.7. The van der Waals surface area contributed by atoms with Crippen LogP contribution in [0.1, 0.15) is 22.3 Å². The van der Waals surface area contributed by atoms with Gasteiger partial charge in [-0.15, -0.1) is 0 Å². The van der Waals surface area contributed by atoms with Crippen LogP contribution >= 0.6 is 0 Å². The molecule has 0 aliphatic heterocycles. The first kappa shape index (κ1) is 42.0. The van der Waals surface area contributed by atoms with Gasteiger partial charge in [-0.1, -0.05) is 224 Å². The van der Waals surface area contributed by atoms with Crippen LogP contribution in [0, 0.1) is 0 Å². The Hall–Kier alpha value is -9.77. The maximum absolute atomic E-state index is 6.57. The summed E-state index contributed by atoms with van der Waals surface area (Å²) in [4.78, 5) is 15.2. The predicted molar refractivity (Wildman–Crippen MR) is 304 cm³/mol. The molecule has 0 spiro atoms. The number of aromatic nitrogens is 3. The van der Waals surface area contributed by atoms with Gasteiger partial charge in [0.2, 0.25) is 0 Å². The minimum absolute atomic E-state index is 0.466. The zero-order valence-electron chi connectivity index (χ0n) is 40.1. The zero-order chi connectivity index (χ0) is 48.7. The third-order valence-corrected chi connectivity index (χ3v) is 15.4. The lowest BCUT2D eigenvalue weighted by Gasteiger charge is -2.34. The molecule has 4 nitrogen and oxygen atoms in total. The SMILES string of the molecule is c1ccc(-c2nc(-c3ccccc3)nc(-c3cccc4oc5ccc(-c6ccc7c8ccc(-c9ccc%10c(c9)C(c9ccccc9)(c9ccccc9)c9ccccc9-%10)cc8c8ccccc8c7c6)cc5c34)n2)cc1. The number of rotatable bonds is 7. The van der Waals surface area contributed by atoms with Gasteiger partial charge in [-0.05, 0) is 124 Å². The highest BCUT2D eigenvalue weighted by Crippen LogP contribution is 2.57. The Labute approximate surface area is 427 Å². The Morgan fingerprint density at radius 3 is 1.31 bits per heavy atom. The first-order chi connectivity index (χ1) is 36.7. The summed E-state index contributed by atoms with van der Waals surface area (Å²) in [6.45, 7) is 0. The molecule has 0 fully saturated rings. The number of hydrogen-bond donors (Lipinski definition) is 0. The highest BCUT2D eigenvalue weighted by atomic mass is 16.3. The van der Waals surface area contributed by atoms with Crippen LogP contribution in [0.3, 0.4) is 0 Å². The van der Waals surface area contributed by atoms with Crippen molar-refractivity contribution in [2.24, 2.45) is 0 Å². The van der Waals surface area contributed by atoms with Crippen LogP contribution in [0.15, 0.2) is 265 Å². The number of furan rings is 1. The average molecular weight is 942 g/mol. The van der Waals surface area contributed by atoms with E-state index in [-0.39, 0.29) is 0 Å². The Kier molecular flexibility index (Phi) is 9.45. The van der Waals surface area contributed by atoms with Crippen molar-refractivity contribution in [3.63, 3.8) is 0 Å². The minimum Gasteiger partial charge on any atom is -0.456 e. The molecule has 2 heterocycles. The smallest absolute Gasteiger partial charge is 0.164 e. The monoisotopic (exact) mass is 941 g/mol. The number of fused-ring (bicyclic) bond motifs is 12. The van der Waals surface area contributed by atoms with Crippen LogP contribution in [0.25, 0.3) is 122 Å². The van der Waals surface area contributed by atoms with Gasteiger partial charge in [0.25, 0.3) is 0 Å². The molecule has 344 valence electrons. The van der Waals surface area contributed by atoms with Crippen LogP contribution in [0.2, 0.25) is 0 Å².